The number of amides is 2. The molecule has 2 fully saturated rings. The fraction of sp³-hybridized carbons (Fsp3) is 0.125. The number of benzene rings is 3. The van der Waals surface area contributed by atoms with E-state index in [1.165, 1.54) is 0 Å². The molecule has 40 heavy (non-hydrogen) atoms. The SMILES string of the molecule is N#Cc1ccc2c(c1)[C@@]13C[C@@H]1CN(C(=O)c1cc4cc(NC(=O)c5cc6ccccc6[nH]5)ccc4[nH]1)C3=CC2=O. The van der Waals surface area contributed by atoms with Crippen molar-refractivity contribution in [2.45, 2.75) is 11.8 Å². The average Bonchev–Trinajstić information content (AvgIpc) is 3.27. The zero-order valence-corrected chi connectivity index (χ0v) is 21.1. The number of nitriles is 1. The number of para-hydroxylation sites is 1. The van der Waals surface area contributed by atoms with Gasteiger partial charge in [-0.1, -0.05) is 18.2 Å². The molecule has 8 heteroatoms. The number of carbonyl (C=O) groups excluding carboxylic acids is 3. The highest BCUT2D eigenvalue weighted by Gasteiger charge is 2.67. The second kappa shape index (κ2) is 7.80. The van der Waals surface area contributed by atoms with Gasteiger partial charge in [0.15, 0.2) is 5.78 Å². The Morgan fingerprint density at radius 3 is 2.60 bits per heavy atom. The fourth-order valence-electron chi connectivity index (χ4n) is 6.56. The first-order valence-corrected chi connectivity index (χ1v) is 13.1. The van der Waals surface area contributed by atoms with Gasteiger partial charge in [0.2, 0.25) is 0 Å². The van der Waals surface area contributed by atoms with Gasteiger partial charge in [-0.25, -0.2) is 0 Å². The molecule has 1 saturated carbocycles. The number of piperidine rings is 1. The van der Waals surface area contributed by atoms with Crippen molar-refractivity contribution in [1.29, 1.82) is 5.26 Å². The first-order valence-electron chi connectivity index (χ1n) is 13.1. The lowest BCUT2D eigenvalue weighted by molar-refractivity contribution is 0.0806. The number of anilines is 1. The van der Waals surface area contributed by atoms with Crippen LogP contribution in [0.3, 0.4) is 0 Å². The van der Waals surface area contributed by atoms with Crippen molar-refractivity contribution in [3.05, 3.63) is 113 Å². The molecule has 5 aromatic rings. The van der Waals surface area contributed by atoms with Crippen molar-refractivity contribution in [2.24, 2.45) is 5.92 Å². The van der Waals surface area contributed by atoms with Gasteiger partial charge < -0.3 is 20.2 Å². The molecule has 3 aromatic carbocycles. The summed E-state index contributed by atoms with van der Waals surface area (Å²) in [5, 5.41) is 14.1. The van der Waals surface area contributed by atoms with E-state index in [1.54, 1.807) is 35.2 Å². The van der Waals surface area contributed by atoms with Crippen molar-refractivity contribution in [2.75, 3.05) is 11.9 Å². The summed E-state index contributed by atoms with van der Waals surface area (Å²) >= 11 is 0. The molecule has 1 spiro atoms. The first kappa shape index (κ1) is 22.6. The molecule has 8 nitrogen and oxygen atoms in total. The molecule has 8 rings (SSSR count). The number of aromatic nitrogens is 2. The molecular formula is C32H21N5O3. The van der Waals surface area contributed by atoms with Gasteiger partial charge in [-0.05, 0) is 72.5 Å². The molecular weight excluding hydrogens is 502 g/mol. The molecule has 3 N–H and O–H groups in total. The Morgan fingerprint density at radius 1 is 0.950 bits per heavy atom. The number of H-pyrrole nitrogens is 2. The van der Waals surface area contributed by atoms with Gasteiger partial charge in [0.1, 0.15) is 11.4 Å². The normalized spacial score (nSPS) is 20.5. The first-order chi connectivity index (χ1) is 19.4. The van der Waals surface area contributed by atoms with Crippen LogP contribution in [0, 0.1) is 17.2 Å². The molecule has 0 unspecified atom stereocenters. The Kier molecular flexibility index (Phi) is 4.40. The quantitative estimate of drug-likeness (QED) is 0.298. The van der Waals surface area contributed by atoms with Crippen molar-refractivity contribution < 1.29 is 14.4 Å². The van der Waals surface area contributed by atoms with E-state index >= 15 is 0 Å². The lowest BCUT2D eigenvalue weighted by Gasteiger charge is -2.29. The van der Waals surface area contributed by atoms with Crippen LogP contribution < -0.4 is 5.32 Å². The van der Waals surface area contributed by atoms with E-state index in [-0.39, 0.29) is 28.9 Å². The third-order valence-electron chi connectivity index (χ3n) is 8.55. The van der Waals surface area contributed by atoms with Gasteiger partial charge in [0.25, 0.3) is 11.8 Å². The van der Waals surface area contributed by atoms with E-state index in [0.29, 0.717) is 34.7 Å². The number of nitrogens with zero attached hydrogens (tertiary/aromatic N) is 2. The lowest BCUT2D eigenvalue weighted by atomic mass is 9.80. The fourth-order valence-corrected chi connectivity index (χ4v) is 6.56. The molecule has 192 valence electrons. The third kappa shape index (κ3) is 3.09. The summed E-state index contributed by atoms with van der Waals surface area (Å²) in [6.45, 7) is 0.523. The average molecular weight is 524 g/mol. The van der Waals surface area contributed by atoms with Crippen LogP contribution in [-0.2, 0) is 5.41 Å². The minimum Gasteiger partial charge on any atom is -0.351 e. The van der Waals surface area contributed by atoms with Gasteiger partial charge in [-0.3, -0.25) is 14.4 Å². The standard InChI is InChI=1S/C32H21N5O3/c33-15-17-5-7-22-23(9-17)32-14-20(32)16-37(29(32)13-28(22)38)31(40)27-12-19-10-21(6-8-25(19)36-27)34-30(39)26-11-18-3-1-2-4-24(18)35-26/h1-13,20,35-36H,14,16H2,(H,34,39)/t20-,32-/m1/s1. The highest BCUT2D eigenvalue weighted by Crippen LogP contribution is 2.66. The number of hydrogen-bond acceptors (Lipinski definition) is 4. The highest BCUT2D eigenvalue weighted by atomic mass is 16.2. The predicted octanol–water partition coefficient (Wildman–Crippen LogP) is 5.27. The molecule has 0 radical (unpaired) electrons. The van der Waals surface area contributed by atoms with Crippen LogP contribution >= 0.6 is 0 Å². The molecule has 3 aliphatic rings. The second-order valence-electron chi connectivity index (χ2n) is 10.8. The molecule has 0 bridgehead atoms. The highest BCUT2D eigenvalue weighted by molar-refractivity contribution is 6.10. The predicted molar refractivity (Wildman–Crippen MR) is 149 cm³/mol. The Labute approximate surface area is 227 Å². The molecule has 2 aliphatic carbocycles. The van der Waals surface area contributed by atoms with Gasteiger partial charge in [0, 0.05) is 56.8 Å². The van der Waals surface area contributed by atoms with E-state index < -0.39 is 0 Å². The van der Waals surface area contributed by atoms with Crippen molar-refractivity contribution >= 4 is 45.1 Å². The Hall–Kier alpha value is -5.42. The zero-order valence-electron chi connectivity index (χ0n) is 21.1. The maximum Gasteiger partial charge on any atom is 0.274 e. The van der Waals surface area contributed by atoms with Crippen LogP contribution in [0.1, 0.15) is 48.9 Å². The van der Waals surface area contributed by atoms with Gasteiger partial charge in [-0.15, -0.1) is 0 Å². The number of allylic oxidation sites excluding steroid dienone is 2. The summed E-state index contributed by atoms with van der Waals surface area (Å²) in [5.74, 6) is -0.375. The Bertz CT molecular complexity index is 2010. The minimum absolute atomic E-state index is 0.141. The summed E-state index contributed by atoms with van der Waals surface area (Å²) in [7, 11) is 0. The zero-order chi connectivity index (χ0) is 27.2. The number of ketones is 1. The molecule has 3 heterocycles. The van der Waals surface area contributed by atoms with Crippen LogP contribution in [0.5, 0.6) is 0 Å². The molecule has 2 atom stereocenters. The van der Waals surface area contributed by atoms with E-state index in [0.717, 1.165) is 39.5 Å². The summed E-state index contributed by atoms with van der Waals surface area (Å²) in [5.41, 5.74) is 5.49. The number of nitrogens with one attached hydrogen (secondary N) is 3. The van der Waals surface area contributed by atoms with E-state index in [4.69, 9.17) is 0 Å². The van der Waals surface area contributed by atoms with Crippen molar-refractivity contribution in [1.82, 2.24) is 14.9 Å². The van der Waals surface area contributed by atoms with E-state index in [2.05, 4.69) is 21.4 Å². The topological polar surface area (TPSA) is 122 Å². The van der Waals surface area contributed by atoms with Crippen LogP contribution in [0.15, 0.2) is 84.6 Å². The molecule has 2 aromatic heterocycles. The number of fused-ring (bicyclic) bond motifs is 3. The second-order valence-corrected chi connectivity index (χ2v) is 10.8. The minimum atomic E-state index is -0.377. The summed E-state index contributed by atoms with van der Waals surface area (Å²) in [6, 6.07) is 24.1. The van der Waals surface area contributed by atoms with Crippen LogP contribution in [0.4, 0.5) is 5.69 Å². The third-order valence-corrected chi connectivity index (χ3v) is 8.55. The maximum atomic E-state index is 13.7. The summed E-state index contributed by atoms with van der Waals surface area (Å²) in [4.78, 5) is 47.6. The van der Waals surface area contributed by atoms with Crippen LogP contribution in [0.2, 0.25) is 0 Å². The van der Waals surface area contributed by atoms with Crippen LogP contribution in [-0.4, -0.2) is 39.0 Å². The number of aromatic amines is 2. The molecule has 1 aliphatic heterocycles. The van der Waals surface area contributed by atoms with Crippen molar-refractivity contribution in [3.8, 4) is 6.07 Å². The number of carbonyl (C=O) groups is 3. The number of likely N-dealkylation sites (tertiary alicyclic amines) is 1. The van der Waals surface area contributed by atoms with Gasteiger partial charge in [-0.2, -0.15) is 5.26 Å². The monoisotopic (exact) mass is 523 g/mol. The van der Waals surface area contributed by atoms with Crippen LogP contribution in [0.25, 0.3) is 21.8 Å². The van der Waals surface area contributed by atoms with E-state index in [9.17, 15) is 19.6 Å². The molecule has 2 amide bonds. The summed E-state index contributed by atoms with van der Waals surface area (Å²) < 4.78 is 0. The Morgan fingerprint density at radius 2 is 1.75 bits per heavy atom. The number of rotatable bonds is 3. The molecule has 1 saturated heterocycles. The summed E-state index contributed by atoms with van der Waals surface area (Å²) in [6.07, 6.45) is 2.46. The lowest BCUT2D eigenvalue weighted by Crippen LogP contribution is -2.34. The van der Waals surface area contributed by atoms with Gasteiger partial charge in [0.05, 0.1) is 11.6 Å². The number of hydrogen-bond donors (Lipinski definition) is 3. The maximum absolute atomic E-state index is 13.7. The smallest absolute Gasteiger partial charge is 0.274 e. The van der Waals surface area contributed by atoms with Crippen molar-refractivity contribution in [3.63, 3.8) is 0 Å². The largest absolute Gasteiger partial charge is 0.351 e. The van der Waals surface area contributed by atoms with E-state index in [1.807, 2.05) is 48.5 Å². The van der Waals surface area contributed by atoms with Gasteiger partial charge >= 0.3 is 0 Å². The Balaban J connectivity index is 1.07.